The largest absolute Gasteiger partial charge is 0.595 e. The van der Waals surface area contributed by atoms with Gasteiger partial charge in [0.25, 0.3) is 5.91 Å². The molecule has 0 bridgehead atoms. The third-order valence-electron chi connectivity index (χ3n) is 3.97. The van der Waals surface area contributed by atoms with Gasteiger partial charge in [-0.25, -0.2) is 10.4 Å². The molecule has 0 saturated heterocycles. The van der Waals surface area contributed by atoms with Gasteiger partial charge in [0.05, 0.1) is 11.1 Å². The molecule has 1 aromatic rings. The molecule has 0 spiro atoms. The van der Waals surface area contributed by atoms with Crippen molar-refractivity contribution in [3.63, 3.8) is 0 Å². The summed E-state index contributed by atoms with van der Waals surface area (Å²) in [6.07, 6.45) is 3.56. The first-order valence-electron chi connectivity index (χ1n) is 8.23. The van der Waals surface area contributed by atoms with Crippen LogP contribution >= 0.6 is 0 Å². The van der Waals surface area contributed by atoms with Crippen molar-refractivity contribution in [2.45, 2.75) is 46.5 Å². The summed E-state index contributed by atoms with van der Waals surface area (Å²) in [6.45, 7) is 6.65. The zero-order chi connectivity index (χ0) is 18.3. The van der Waals surface area contributed by atoms with Crippen LogP contribution in [0.1, 0.15) is 55.5 Å². The van der Waals surface area contributed by atoms with Crippen LogP contribution in [0.25, 0.3) is 0 Å². The van der Waals surface area contributed by atoms with Gasteiger partial charge in [0, 0.05) is 25.2 Å². The van der Waals surface area contributed by atoms with Crippen LogP contribution in [0.2, 0.25) is 0 Å². The Kier molecular flexibility index (Phi) is 8.26. The van der Waals surface area contributed by atoms with Crippen LogP contribution in [0.5, 0.6) is 0 Å². The predicted octanol–water partition coefficient (Wildman–Crippen LogP) is 0.844. The molecule has 1 rings (SSSR count). The van der Waals surface area contributed by atoms with Gasteiger partial charge in [0.1, 0.15) is 0 Å². The van der Waals surface area contributed by atoms with Crippen LogP contribution in [-0.2, 0) is 0 Å². The summed E-state index contributed by atoms with van der Waals surface area (Å²) < 4.78 is 0. The minimum absolute atomic E-state index is 0.114. The first-order chi connectivity index (χ1) is 11.3. The normalized spacial score (nSPS) is 13.6. The molecule has 1 aromatic carbocycles. The van der Waals surface area contributed by atoms with Crippen molar-refractivity contribution >= 4 is 17.3 Å². The van der Waals surface area contributed by atoms with Crippen LogP contribution in [0, 0.1) is 17.3 Å². The molecule has 4 N–H and O–H groups in total. The number of hydrogen-bond acceptors (Lipinski definition) is 5. The Morgan fingerprint density at radius 1 is 1.04 bits per heavy atom. The van der Waals surface area contributed by atoms with Crippen molar-refractivity contribution in [3.8, 4) is 0 Å². The summed E-state index contributed by atoms with van der Waals surface area (Å²) in [7, 11) is 0. The lowest BCUT2D eigenvalue weighted by Crippen LogP contribution is -3.01. The van der Waals surface area contributed by atoms with Crippen molar-refractivity contribution < 1.29 is 25.7 Å². The first-order valence-corrected chi connectivity index (χ1v) is 8.23. The van der Waals surface area contributed by atoms with Gasteiger partial charge in [0.15, 0.2) is 11.4 Å². The highest BCUT2D eigenvalue weighted by Crippen LogP contribution is 2.22. The first kappa shape index (κ1) is 20.5. The van der Waals surface area contributed by atoms with E-state index in [4.69, 9.17) is 0 Å². The van der Waals surface area contributed by atoms with Gasteiger partial charge in [-0.1, -0.05) is 26.7 Å². The lowest BCUT2D eigenvalue weighted by Gasteiger charge is -2.24. The highest BCUT2D eigenvalue weighted by atomic mass is 16.8. The molecule has 8 nitrogen and oxygen atoms in total. The number of nitrogens with one attached hydrogen (secondary N) is 2. The Bertz CT molecular complexity index is 512. The second-order valence-corrected chi connectivity index (χ2v) is 5.81. The Morgan fingerprint density at radius 3 is 1.79 bits per heavy atom. The molecular weight excluding hydrogens is 314 g/mol. The SMILES string of the molecule is CCCCN(CCCC)C(=O)c1cc([NH+]([O-])O)c(C)c([NH+]([O-])O)c1. The van der Waals surface area contributed by atoms with Crippen molar-refractivity contribution in [1.29, 1.82) is 0 Å². The molecule has 0 aliphatic carbocycles. The van der Waals surface area contributed by atoms with E-state index in [9.17, 15) is 25.6 Å². The average molecular weight is 341 g/mol. The fourth-order valence-corrected chi connectivity index (χ4v) is 2.48. The molecule has 1 amide bonds. The number of benzene rings is 1. The quantitative estimate of drug-likeness (QED) is 0.497. The number of unbranched alkanes of at least 4 members (excludes halogenated alkanes) is 2. The van der Waals surface area contributed by atoms with Crippen molar-refractivity contribution in [2.24, 2.45) is 0 Å². The van der Waals surface area contributed by atoms with E-state index < -0.39 is 10.5 Å². The molecular formula is C16H27N3O5. The summed E-state index contributed by atoms with van der Waals surface area (Å²) >= 11 is 0. The van der Waals surface area contributed by atoms with Crippen molar-refractivity contribution in [1.82, 2.24) is 4.90 Å². The minimum Gasteiger partial charge on any atom is -0.595 e. The number of quaternary nitrogens is 2. The maximum atomic E-state index is 12.8. The maximum Gasteiger partial charge on any atom is 0.254 e. The monoisotopic (exact) mass is 341 g/mol. The lowest BCUT2D eigenvalue weighted by atomic mass is 10.1. The summed E-state index contributed by atoms with van der Waals surface area (Å²) in [4.78, 5) is 14.4. The topological polar surface area (TPSA) is 116 Å². The minimum atomic E-state index is -1.24. The Labute approximate surface area is 142 Å². The molecule has 0 aromatic heterocycles. The smallest absolute Gasteiger partial charge is 0.254 e. The molecule has 0 saturated carbocycles. The van der Waals surface area contributed by atoms with E-state index in [1.807, 2.05) is 13.8 Å². The van der Waals surface area contributed by atoms with E-state index in [1.54, 1.807) is 4.90 Å². The molecule has 2 unspecified atom stereocenters. The summed E-state index contributed by atoms with van der Waals surface area (Å²) in [6, 6.07) is 2.55. The van der Waals surface area contributed by atoms with Crippen LogP contribution in [-0.4, -0.2) is 34.3 Å². The Hall–Kier alpha value is -1.55. The number of rotatable bonds is 9. The molecule has 136 valence electrons. The average Bonchev–Trinajstić information content (AvgIpc) is 2.54. The van der Waals surface area contributed by atoms with Crippen molar-refractivity contribution in [3.05, 3.63) is 33.7 Å². The van der Waals surface area contributed by atoms with Gasteiger partial charge in [-0.15, -0.1) is 0 Å². The summed E-state index contributed by atoms with van der Waals surface area (Å²) in [5.74, 6) is -0.318. The molecule has 0 aliphatic heterocycles. The third kappa shape index (κ3) is 5.23. The van der Waals surface area contributed by atoms with Crippen molar-refractivity contribution in [2.75, 3.05) is 13.1 Å². The zero-order valence-corrected chi connectivity index (χ0v) is 14.5. The highest BCUT2D eigenvalue weighted by Gasteiger charge is 2.23. The molecule has 2 atom stereocenters. The zero-order valence-electron chi connectivity index (χ0n) is 14.5. The van der Waals surface area contributed by atoms with Gasteiger partial charge < -0.3 is 15.3 Å². The molecule has 24 heavy (non-hydrogen) atoms. The number of hydrogen-bond donors (Lipinski definition) is 4. The maximum absolute atomic E-state index is 12.8. The van der Waals surface area contributed by atoms with E-state index in [0.717, 1.165) is 25.7 Å². The van der Waals surface area contributed by atoms with Gasteiger partial charge in [-0.2, -0.15) is 10.5 Å². The predicted molar refractivity (Wildman–Crippen MR) is 88.5 cm³/mol. The van der Waals surface area contributed by atoms with E-state index >= 15 is 0 Å². The summed E-state index contributed by atoms with van der Waals surface area (Å²) in [5.41, 5.74) is -0.0313. The number of amides is 1. The van der Waals surface area contributed by atoms with E-state index in [2.05, 4.69) is 0 Å². The van der Waals surface area contributed by atoms with Gasteiger partial charge in [0.2, 0.25) is 0 Å². The lowest BCUT2D eigenvalue weighted by molar-refractivity contribution is -0.996. The fraction of sp³-hybridized carbons (Fsp3) is 0.562. The molecule has 0 aliphatic rings. The standard InChI is InChI=1S/C16H27N3O5/c1-4-6-8-17(9-7-5-2)16(20)13-10-14(18(21)22)12(3)15(11-13)19(23)24/h10-11,18-19,21,23H,4-9H2,1-3H3. The van der Waals surface area contributed by atoms with Gasteiger partial charge in [-0.05, 0) is 19.8 Å². The Balaban J connectivity index is 3.22. The number of carbonyl (C=O) groups excluding carboxylic acids is 1. The highest BCUT2D eigenvalue weighted by molar-refractivity contribution is 5.96. The number of carbonyl (C=O) groups is 1. The second kappa shape index (κ2) is 9.67. The van der Waals surface area contributed by atoms with Crippen LogP contribution < -0.4 is 10.5 Å². The van der Waals surface area contributed by atoms with Gasteiger partial charge in [-0.3, -0.25) is 4.79 Å². The van der Waals surface area contributed by atoms with E-state index in [-0.39, 0.29) is 28.4 Å². The van der Waals surface area contributed by atoms with E-state index in [1.165, 1.54) is 19.1 Å². The second-order valence-electron chi connectivity index (χ2n) is 5.81. The summed E-state index contributed by atoms with van der Waals surface area (Å²) in [5, 5.41) is 38.8. The fourth-order valence-electron chi connectivity index (χ4n) is 2.48. The van der Waals surface area contributed by atoms with Crippen LogP contribution in [0.15, 0.2) is 12.1 Å². The van der Waals surface area contributed by atoms with Crippen LogP contribution in [0.4, 0.5) is 11.4 Å². The molecule has 0 fully saturated rings. The third-order valence-corrected chi connectivity index (χ3v) is 3.97. The van der Waals surface area contributed by atoms with E-state index in [0.29, 0.717) is 13.1 Å². The number of nitrogens with zero attached hydrogens (tertiary/aromatic N) is 1. The molecule has 0 radical (unpaired) electrons. The van der Waals surface area contributed by atoms with Gasteiger partial charge >= 0.3 is 0 Å². The van der Waals surface area contributed by atoms with Crippen LogP contribution in [0.3, 0.4) is 0 Å². The Morgan fingerprint density at radius 2 is 1.46 bits per heavy atom. The molecule has 0 heterocycles. The molecule has 8 heteroatoms.